The van der Waals surface area contributed by atoms with Crippen molar-refractivity contribution in [3.05, 3.63) is 12.5 Å². The third kappa shape index (κ3) is 4.83. The number of hydrogen-bond donors (Lipinski definition) is 2. The third-order valence-electron chi connectivity index (χ3n) is 2.25. The number of nitriles is 1. The van der Waals surface area contributed by atoms with Crippen LogP contribution in [0.4, 0.5) is 0 Å². The standard InChI is InChI=1S/C10H17N5O2S/c1-15-8-10(12-9-15)18(16,17)14-13-7-5-3-2-4-6-11/h8-9,13-14H,2-5,7H2,1H3. The van der Waals surface area contributed by atoms with E-state index in [1.165, 1.54) is 12.5 Å². The van der Waals surface area contributed by atoms with E-state index in [-0.39, 0.29) is 5.03 Å². The van der Waals surface area contributed by atoms with Gasteiger partial charge in [-0.15, -0.1) is 4.83 Å². The number of aryl methyl sites for hydroxylation is 1. The maximum atomic E-state index is 11.7. The van der Waals surface area contributed by atoms with Crippen LogP contribution in [0, 0.1) is 11.3 Å². The summed E-state index contributed by atoms with van der Waals surface area (Å²) in [7, 11) is -1.88. The molecule has 0 aliphatic heterocycles. The molecule has 0 saturated carbocycles. The number of sulfonamides is 1. The van der Waals surface area contributed by atoms with Crippen LogP contribution in [0.25, 0.3) is 0 Å². The van der Waals surface area contributed by atoms with Gasteiger partial charge in [0.05, 0.1) is 12.4 Å². The first-order chi connectivity index (χ1) is 8.56. The molecule has 0 amide bonds. The lowest BCUT2D eigenvalue weighted by Crippen LogP contribution is -2.38. The predicted octanol–water partition coefficient (Wildman–Crippen LogP) is 0.287. The summed E-state index contributed by atoms with van der Waals surface area (Å²) >= 11 is 0. The number of imidazole rings is 1. The van der Waals surface area contributed by atoms with Gasteiger partial charge in [-0.3, -0.25) is 0 Å². The van der Waals surface area contributed by atoms with Gasteiger partial charge in [-0.1, -0.05) is 6.42 Å². The van der Waals surface area contributed by atoms with Gasteiger partial charge in [0.1, 0.15) is 0 Å². The highest BCUT2D eigenvalue weighted by Crippen LogP contribution is 2.02. The molecule has 0 fully saturated rings. The van der Waals surface area contributed by atoms with Crippen molar-refractivity contribution in [1.29, 1.82) is 5.26 Å². The van der Waals surface area contributed by atoms with Crippen LogP contribution in [0.3, 0.4) is 0 Å². The summed E-state index contributed by atoms with van der Waals surface area (Å²) < 4.78 is 24.9. The Bertz CT molecular complexity index is 503. The van der Waals surface area contributed by atoms with Crippen LogP contribution >= 0.6 is 0 Å². The third-order valence-corrected chi connectivity index (χ3v) is 3.43. The fourth-order valence-corrected chi connectivity index (χ4v) is 2.21. The minimum atomic E-state index is -3.58. The zero-order chi connectivity index (χ0) is 13.4. The molecule has 0 saturated heterocycles. The van der Waals surface area contributed by atoms with Crippen LogP contribution in [-0.4, -0.2) is 24.5 Å². The highest BCUT2D eigenvalue weighted by molar-refractivity contribution is 7.89. The molecule has 18 heavy (non-hydrogen) atoms. The molecule has 1 aromatic heterocycles. The Morgan fingerprint density at radius 2 is 2.22 bits per heavy atom. The number of hydrazine groups is 1. The van der Waals surface area contributed by atoms with Crippen molar-refractivity contribution in [2.75, 3.05) is 6.54 Å². The second-order valence-corrected chi connectivity index (χ2v) is 5.51. The monoisotopic (exact) mass is 271 g/mol. The van der Waals surface area contributed by atoms with Gasteiger partial charge >= 0.3 is 0 Å². The zero-order valence-corrected chi connectivity index (χ0v) is 11.1. The summed E-state index contributed by atoms with van der Waals surface area (Å²) in [6.45, 7) is 0.525. The smallest absolute Gasteiger partial charge is 0.272 e. The molecule has 1 aromatic rings. The molecule has 100 valence electrons. The number of hydrogen-bond acceptors (Lipinski definition) is 5. The van der Waals surface area contributed by atoms with Gasteiger partial charge in [0.15, 0.2) is 5.03 Å². The van der Waals surface area contributed by atoms with Gasteiger partial charge < -0.3 is 4.57 Å². The minimum absolute atomic E-state index is 0.0121. The van der Waals surface area contributed by atoms with Crippen LogP contribution in [0.1, 0.15) is 25.7 Å². The highest BCUT2D eigenvalue weighted by Gasteiger charge is 2.15. The Kier molecular flexibility index (Phi) is 5.77. The van der Waals surface area contributed by atoms with E-state index in [9.17, 15) is 8.42 Å². The van der Waals surface area contributed by atoms with Crippen LogP contribution in [-0.2, 0) is 17.1 Å². The Hall–Kier alpha value is -1.43. The maximum absolute atomic E-state index is 11.7. The molecule has 0 aliphatic carbocycles. The lowest BCUT2D eigenvalue weighted by atomic mass is 10.2. The van der Waals surface area contributed by atoms with Crippen molar-refractivity contribution >= 4 is 10.0 Å². The first-order valence-corrected chi connectivity index (χ1v) is 7.14. The van der Waals surface area contributed by atoms with E-state index in [2.05, 4.69) is 21.3 Å². The highest BCUT2D eigenvalue weighted by atomic mass is 32.2. The fraction of sp³-hybridized carbons (Fsp3) is 0.600. The number of rotatable bonds is 8. The van der Waals surface area contributed by atoms with Gasteiger partial charge in [-0.2, -0.15) is 5.26 Å². The van der Waals surface area contributed by atoms with Crippen LogP contribution in [0.5, 0.6) is 0 Å². The van der Waals surface area contributed by atoms with Crippen LogP contribution in [0.2, 0.25) is 0 Å². The number of unbranched alkanes of at least 4 members (excludes halogenated alkanes) is 3. The summed E-state index contributed by atoms with van der Waals surface area (Å²) in [6.07, 6.45) is 5.94. The van der Waals surface area contributed by atoms with E-state index in [0.717, 1.165) is 19.3 Å². The molecular formula is C10H17N5O2S. The molecule has 1 heterocycles. The number of nitrogens with zero attached hydrogens (tertiary/aromatic N) is 3. The summed E-state index contributed by atoms with van der Waals surface area (Å²) in [5.41, 5.74) is 2.64. The molecule has 0 atom stereocenters. The van der Waals surface area contributed by atoms with E-state index in [4.69, 9.17) is 5.26 Å². The van der Waals surface area contributed by atoms with E-state index in [0.29, 0.717) is 13.0 Å². The lowest BCUT2D eigenvalue weighted by Gasteiger charge is -2.05. The first kappa shape index (κ1) is 14.6. The molecule has 1 rings (SSSR count). The molecule has 0 bridgehead atoms. The van der Waals surface area contributed by atoms with Gasteiger partial charge in [-0.05, 0) is 12.8 Å². The van der Waals surface area contributed by atoms with Gasteiger partial charge in [0, 0.05) is 26.2 Å². The Morgan fingerprint density at radius 3 is 2.83 bits per heavy atom. The van der Waals surface area contributed by atoms with Crippen molar-refractivity contribution in [2.24, 2.45) is 7.05 Å². The van der Waals surface area contributed by atoms with Crippen LogP contribution in [0.15, 0.2) is 17.6 Å². The molecule has 7 nitrogen and oxygen atoms in total. The molecular weight excluding hydrogens is 254 g/mol. The minimum Gasteiger partial charge on any atom is -0.339 e. The van der Waals surface area contributed by atoms with E-state index in [1.54, 1.807) is 11.6 Å². The molecule has 0 radical (unpaired) electrons. The topological polar surface area (TPSA) is 99.8 Å². The second kappa shape index (κ2) is 7.10. The van der Waals surface area contributed by atoms with Crippen molar-refractivity contribution in [1.82, 2.24) is 19.8 Å². The molecule has 2 N–H and O–H groups in total. The van der Waals surface area contributed by atoms with E-state index in [1.807, 2.05) is 0 Å². The van der Waals surface area contributed by atoms with Crippen LogP contribution < -0.4 is 10.3 Å². The fourth-order valence-electron chi connectivity index (χ4n) is 1.32. The summed E-state index contributed by atoms with van der Waals surface area (Å²) in [6, 6.07) is 2.06. The molecule has 0 unspecified atom stereocenters. The summed E-state index contributed by atoms with van der Waals surface area (Å²) in [5.74, 6) is 0. The second-order valence-electron chi connectivity index (χ2n) is 3.88. The summed E-state index contributed by atoms with van der Waals surface area (Å²) in [4.78, 5) is 6.02. The normalized spacial score (nSPS) is 11.3. The van der Waals surface area contributed by atoms with Gasteiger partial charge in [-0.25, -0.2) is 18.8 Å². The summed E-state index contributed by atoms with van der Waals surface area (Å²) in [5, 5.41) is 8.33. The SMILES string of the molecule is Cn1cnc(S(=O)(=O)NNCCCCCC#N)c1. The predicted molar refractivity (Wildman–Crippen MR) is 65.6 cm³/mol. The zero-order valence-electron chi connectivity index (χ0n) is 10.3. The molecule has 0 aliphatic rings. The largest absolute Gasteiger partial charge is 0.339 e. The van der Waals surface area contributed by atoms with Crippen molar-refractivity contribution in [3.63, 3.8) is 0 Å². The first-order valence-electron chi connectivity index (χ1n) is 5.66. The van der Waals surface area contributed by atoms with Crippen molar-refractivity contribution in [3.8, 4) is 6.07 Å². The average Bonchev–Trinajstić information content (AvgIpc) is 2.75. The molecule has 0 aromatic carbocycles. The Morgan fingerprint density at radius 1 is 1.44 bits per heavy atom. The average molecular weight is 271 g/mol. The van der Waals surface area contributed by atoms with Gasteiger partial charge in [0.2, 0.25) is 0 Å². The maximum Gasteiger partial charge on any atom is 0.272 e. The molecule has 0 spiro atoms. The number of aromatic nitrogens is 2. The van der Waals surface area contributed by atoms with Gasteiger partial charge in [0.25, 0.3) is 10.0 Å². The molecule has 8 heteroatoms. The van der Waals surface area contributed by atoms with E-state index >= 15 is 0 Å². The lowest BCUT2D eigenvalue weighted by molar-refractivity contribution is 0.539. The van der Waals surface area contributed by atoms with Crippen molar-refractivity contribution in [2.45, 2.75) is 30.7 Å². The quantitative estimate of drug-likeness (QED) is 0.523. The van der Waals surface area contributed by atoms with E-state index < -0.39 is 10.0 Å². The number of nitrogens with one attached hydrogen (secondary N) is 2. The van der Waals surface area contributed by atoms with Crippen molar-refractivity contribution < 1.29 is 8.42 Å². The Balaban J connectivity index is 2.25. The Labute approximate surface area is 107 Å².